The summed E-state index contributed by atoms with van der Waals surface area (Å²) in [5.41, 5.74) is 7.37. The minimum absolute atomic E-state index is 0.0223. The Kier molecular flexibility index (Phi) is 4.95. The van der Waals surface area contributed by atoms with Gasteiger partial charge in [-0.05, 0) is 49.8 Å². The van der Waals surface area contributed by atoms with Crippen LogP contribution in [0, 0.1) is 17.2 Å². The molecule has 0 spiro atoms. The molecule has 0 radical (unpaired) electrons. The van der Waals surface area contributed by atoms with E-state index in [0.29, 0.717) is 25.4 Å². The first-order valence-electron chi connectivity index (χ1n) is 11.2. The van der Waals surface area contributed by atoms with E-state index in [0.717, 1.165) is 18.4 Å². The lowest BCUT2D eigenvalue weighted by Crippen LogP contribution is -2.57. The van der Waals surface area contributed by atoms with E-state index in [1.807, 2.05) is 16.7 Å². The summed E-state index contributed by atoms with van der Waals surface area (Å²) in [6.45, 7) is 2.92. The van der Waals surface area contributed by atoms with E-state index in [1.165, 1.54) is 0 Å². The van der Waals surface area contributed by atoms with Crippen molar-refractivity contribution in [3.63, 3.8) is 0 Å². The Morgan fingerprint density at radius 2 is 1.97 bits per heavy atom. The first-order chi connectivity index (χ1) is 15.3. The highest BCUT2D eigenvalue weighted by Crippen LogP contribution is 2.48. The van der Waals surface area contributed by atoms with Crippen LogP contribution in [0.15, 0.2) is 24.3 Å². The second kappa shape index (κ2) is 7.57. The highest BCUT2D eigenvalue weighted by atomic mass is 16.4. The van der Waals surface area contributed by atoms with Crippen molar-refractivity contribution in [2.75, 3.05) is 13.1 Å². The minimum Gasteiger partial charge on any atom is -0.478 e. The second-order valence-electron chi connectivity index (χ2n) is 9.50. The third-order valence-electron chi connectivity index (χ3n) is 7.63. The standard InChI is InChI=1S/C23H27N5O4/c1-12(13-2-4-14(5-3-13)23(31)32)27-17-8-20(22(27)30)26(10-17)11-18(25)21(29)28-16(9-24)6-15-7-19(15)28/h2-5,12,15-20H,6-8,10-11,25H2,1H3,(H,31,32)/t12-,15+,16-,17-,18-,19-,20-/m0/s1. The smallest absolute Gasteiger partial charge is 0.335 e. The van der Waals surface area contributed by atoms with Gasteiger partial charge in [0.1, 0.15) is 6.04 Å². The van der Waals surface area contributed by atoms with Crippen LogP contribution in [0.3, 0.4) is 0 Å². The number of carboxylic acid groups (broad SMARTS) is 1. The van der Waals surface area contributed by atoms with Crippen LogP contribution < -0.4 is 5.73 Å². The van der Waals surface area contributed by atoms with Crippen LogP contribution in [0.5, 0.6) is 0 Å². The number of hydrogen-bond acceptors (Lipinski definition) is 6. The fraction of sp³-hybridized carbons (Fsp3) is 0.565. The molecule has 9 heteroatoms. The molecule has 168 valence electrons. The molecule has 0 unspecified atom stereocenters. The summed E-state index contributed by atoms with van der Waals surface area (Å²) in [6.07, 6.45) is 2.41. The van der Waals surface area contributed by atoms with Crippen LogP contribution in [0.25, 0.3) is 0 Å². The molecule has 3 aliphatic heterocycles. The fourth-order valence-electron chi connectivity index (χ4n) is 5.87. The number of fused-ring (bicyclic) bond motifs is 3. The molecule has 9 nitrogen and oxygen atoms in total. The third kappa shape index (κ3) is 3.26. The van der Waals surface area contributed by atoms with Gasteiger partial charge in [-0.25, -0.2) is 4.79 Å². The molecule has 3 heterocycles. The van der Waals surface area contributed by atoms with Crippen LogP contribution in [0.4, 0.5) is 0 Å². The predicted octanol–water partition coefficient (Wildman–Crippen LogP) is 0.571. The molecule has 1 saturated carbocycles. The van der Waals surface area contributed by atoms with E-state index in [2.05, 4.69) is 6.07 Å². The highest BCUT2D eigenvalue weighted by Gasteiger charge is 2.56. The Morgan fingerprint density at radius 3 is 2.59 bits per heavy atom. The quantitative estimate of drug-likeness (QED) is 0.665. The molecular weight excluding hydrogens is 410 g/mol. The van der Waals surface area contributed by atoms with Gasteiger partial charge in [-0.2, -0.15) is 5.26 Å². The number of benzene rings is 1. The molecule has 3 N–H and O–H groups in total. The van der Waals surface area contributed by atoms with Crippen molar-refractivity contribution in [2.24, 2.45) is 11.7 Å². The van der Waals surface area contributed by atoms with Crippen LogP contribution in [0.1, 0.15) is 48.1 Å². The molecular formula is C23H27N5O4. The maximum atomic E-state index is 13.1. The van der Waals surface area contributed by atoms with Gasteiger partial charge in [0.25, 0.3) is 0 Å². The van der Waals surface area contributed by atoms with Gasteiger partial charge in [-0.3, -0.25) is 14.5 Å². The summed E-state index contributed by atoms with van der Waals surface area (Å²) in [6, 6.07) is 7.48. The molecule has 32 heavy (non-hydrogen) atoms. The number of piperazine rings is 1. The summed E-state index contributed by atoms with van der Waals surface area (Å²) in [7, 11) is 0. The number of carbonyl (C=O) groups is 3. The van der Waals surface area contributed by atoms with Gasteiger partial charge >= 0.3 is 5.97 Å². The van der Waals surface area contributed by atoms with Crippen molar-refractivity contribution >= 4 is 17.8 Å². The topological polar surface area (TPSA) is 131 Å². The van der Waals surface area contributed by atoms with E-state index < -0.39 is 12.0 Å². The highest BCUT2D eigenvalue weighted by molar-refractivity contribution is 5.88. The number of rotatable bonds is 6. The van der Waals surface area contributed by atoms with Gasteiger partial charge in [-0.15, -0.1) is 0 Å². The molecule has 0 aromatic heterocycles. The Balaban J connectivity index is 1.22. The number of nitrogens with two attached hydrogens (primary N) is 1. The van der Waals surface area contributed by atoms with Crippen LogP contribution >= 0.6 is 0 Å². The van der Waals surface area contributed by atoms with Gasteiger partial charge in [0.05, 0.1) is 29.8 Å². The average Bonchev–Trinajstić information content (AvgIpc) is 3.11. The summed E-state index contributed by atoms with van der Waals surface area (Å²) in [4.78, 5) is 42.7. The van der Waals surface area contributed by atoms with Gasteiger partial charge in [0.15, 0.2) is 0 Å². The van der Waals surface area contributed by atoms with E-state index >= 15 is 0 Å². The summed E-state index contributed by atoms with van der Waals surface area (Å²) < 4.78 is 0. The normalized spacial score (nSPS) is 32.5. The number of likely N-dealkylation sites (tertiary alicyclic amines) is 3. The second-order valence-corrected chi connectivity index (χ2v) is 9.50. The van der Waals surface area contributed by atoms with Crippen molar-refractivity contribution in [3.8, 4) is 6.07 Å². The summed E-state index contributed by atoms with van der Waals surface area (Å²) >= 11 is 0. The number of aromatic carboxylic acids is 1. The lowest BCUT2D eigenvalue weighted by molar-refractivity contribution is -0.141. The molecule has 3 saturated heterocycles. The van der Waals surface area contributed by atoms with E-state index in [4.69, 9.17) is 10.8 Å². The summed E-state index contributed by atoms with van der Waals surface area (Å²) in [5.74, 6) is -0.691. The molecule has 4 aliphatic rings. The Bertz CT molecular complexity index is 1000. The predicted molar refractivity (Wildman–Crippen MR) is 113 cm³/mol. The average molecular weight is 438 g/mol. The Hall–Kier alpha value is -2.96. The van der Waals surface area contributed by atoms with Crippen LogP contribution in [-0.2, 0) is 9.59 Å². The first-order valence-corrected chi connectivity index (χ1v) is 11.2. The van der Waals surface area contributed by atoms with Gasteiger partial charge in [-0.1, -0.05) is 12.1 Å². The third-order valence-corrected chi connectivity index (χ3v) is 7.63. The number of amides is 2. The van der Waals surface area contributed by atoms with Crippen molar-refractivity contribution < 1.29 is 19.5 Å². The number of carboxylic acids is 1. The number of nitrogens with zero attached hydrogens (tertiary/aromatic N) is 4. The SMILES string of the molecule is C[C@@H](c1ccc(C(=O)O)cc1)N1C(=O)[C@@H]2C[C@H]1CN2C[C@H](N)C(=O)N1[C@H](C#N)C[C@@H]2C[C@@H]21. The molecule has 4 fully saturated rings. The molecule has 7 atom stereocenters. The summed E-state index contributed by atoms with van der Waals surface area (Å²) in [5, 5.41) is 18.4. The van der Waals surface area contributed by atoms with Crippen LogP contribution in [-0.4, -0.2) is 80.9 Å². The van der Waals surface area contributed by atoms with Crippen molar-refractivity contribution in [2.45, 2.75) is 62.4 Å². The number of piperidine rings is 1. The molecule has 1 aromatic carbocycles. The lowest BCUT2D eigenvalue weighted by atomic mass is 10.0. The molecule has 1 aliphatic carbocycles. The number of carbonyl (C=O) groups excluding carboxylic acids is 2. The Labute approximate surface area is 186 Å². The van der Waals surface area contributed by atoms with E-state index in [1.54, 1.807) is 29.2 Å². The molecule has 2 bridgehead atoms. The number of hydrogen-bond donors (Lipinski definition) is 2. The largest absolute Gasteiger partial charge is 0.478 e. The van der Waals surface area contributed by atoms with Crippen molar-refractivity contribution in [1.29, 1.82) is 5.26 Å². The van der Waals surface area contributed by atoms with Gasteiger partial charge in [0, 0.05) is 25.2 Å². The maximum Gasteiger partial charge on any atom is 0.335 e. The monoisotopic (exact) mass is 437 g/mol. The van der Waals surface area contributed by atoms with Crippen molar-refractivity contribution in [3.05, 3.63) is 35.4 Å². The first kappa shape index (κ1) is 20.9. The molecule has 2 amide bonds. The number of nitriles is 1. The fourth-order valence-corrected chi connectivity index (χ4v) is 5.87. The van der Waals surface area contributed by atoms with E-state index in [9.17, 15) is 19.6 Å². The minimum atomic E-state index is -0.978. The van der Waals surface area contributed by atoms with E-state index in [-0.39, 0.29) is 47.6 Å². The zero-order valence-corrected chi connectivity index (χ0v) is 17.9. The zero-order chi connectivity index (χ0) is 22.7. The molecule has 1 aromatic rings. The maximum absolute atomic E-state index is 13.1. The van der Waals surface area contributed by atoms with Crippen LogP contribution in [0.2, 0.25) is 0 Å². The van der Waals surface area contributed by atoms with Crippen molar-refractivity contribution in [1.82, 2.24) is 14.7 Å². The van der Waals surface area contributed by atoms with Gasteiger partial charge in [0.2, 0.25) is 11.8 Å². The van der Waals surface area contributed by atoms with Gasteiger partial charge < -0.3 is 20.6 Å². The lowest BCUT2D eigenvalue weighted by Gasteiger charge is -2.38. The zero-order valence-electron chi connectivity index (χ0n) is 17.9. The Morgan fingerprint density at radius 1 is 1.25 bits per heavy atom. The molecule has 5 rings (SSSR count).